The van der Waals surface area contributed by atoms with E-state index in [0.29, 0.717) is 18.0 Å². The van der Waals surface area contributed by atoms with Gasteiger partial charge in [0.05, 0.1) is 7.11 Å². The number of nitrogens with one attached hydrogen (secondary N) is 1. The lowest BCUT2D eigenvalue weighted by Crippen LogP contribution is -2.34. The quantitative estimate of drug-likeness (QED) is 0.278. The number of aromatic hydroxyl groups is 2. The molecule has 0 saturated carbocycles. The number of hydrogen-bond acceptors (Lipinski definition) is 5. The van der Waals surface area contributed by atoms with E-state index in [1.807, 2.05) is 6.07 Å². The molecule has 3 N–H and O–H groups in total. The fourth-order valence-electron chi connectivity index (χ4n) is 7.61. The fourth-order valence-corrected chi connectivity index (χ4v) is 7.61. The third-order valence-corrected chi connectivity index (χ3v) is 9.43. The minimum Gasteiger partial charge on any atom is -0.504 e. The minimum atomic E-state index is 0. The standard InChI is InChI=1S/C19H21NO2.C14H19NO.BrH.ClH/c21-18-9-7-14-15-10-11-20(12-13-4-2-1-3-5-13)17(15)8-6-16(14)19(18)22;1-9-3-4-10-11-7-8-15-13(11)6-5-12(10)14(9)16-2;;/h1-5,7,9,15,17,21-22H,6,8,10-12H2;3-4,11,13,15H,5-8H2,1-2H3;2*1H/t15-,17+;11-,13+;;/m00../s1. The number of fused-ring (bicyclic) bond motifs is 6. The van der Waals surface area contributed by atoms with Gasteiger partial charge in [-0.15, -0.1) is 29.4 Å². The maximum absolute atomic E-state index is 10.1. The lowest BCUT2D eigenvalue weighted by Gasteiger charge is -2.33. The number of ether oxygens (including phenoxy) is 1. The van der Waals surface area contributed by atoms with Crippen LogP contribution in [0.15, 0.2) is 54.6 Å². The van der Waals surface area contributed by atoms with Crippen molar-refractivity contribution in [1.29, 1.82) is 0 Å². The van der Waals surface area contributed by atoms with Crippen LogP contribution in [0.1, 0.15) is 70.9 Å². The molecular formula is C33H42BrClN2O3. The predicted octanol–water partition coefficient (Wildman–Crippen LogP) is 6.80. The van der Waals surface area contributed by atoms with Gasteiger partial charge in [0.1, 0.15) is 5.75 Å². The molecule has 4 aliphatic rings. The summed E-state index contributed by atoms with van der Waals surface area (Å²) in [7, 11) is 1.79. The van der Waals surface area contributed by atoms with Gasteiger partial charge in [0, 0.05) is 36.0 Å². The van der Waals surface area contributed by atoms with Crippen molar-refractivity contribution in [1.82, 2.24) is 10.2 Å². The second-order valence-electron chi connectivity index (χ2n) is 11.4. The van der Waals surface area contributed by atoms with Crippen molar-refractivity contribution in [2.24, 2.45) is 0 Å². The van der Waals surface area contributed by atoms with Gasteiger partial charge in [-0.25, -0.2) is 0 Å². The molecule has 2 saturated heterocycles. The van der Waals surface area contributed by atoms with E-state index in [0.717, 1.165) is 56.0 Å². The van der Waals surface area contributed by atoms with Gasteiger partial charge in [-0.3, -0.25) is 4.90 Å². The zero-order valence-electron chi connectivity index (χ0n) is 23.4. The van der Waals surface area contributed by atoms with E-state index in [4.69, 9.17) is 4.74 Å². The summed E-state index contributed by atoms with van der Waals surface area (Å²) < 4.78 is 5.57. The average Bonchev–Trinajstić information content (AvgIpc) is 3.59. The van der Waals surface area contributed by atoms with Crippen LogP contribution in [0, 0.1) is 6.92 Å². The molecule has 0 amide bonds. The van der Waals surface area contributed by atoms with E-state index in [1.165, 1.54) is 47.2 Å². The molecule has 2 fully saturated rings. The van der Waals surface area contributed by atoms with Crippen LogP contribution in [0.25, 0.3) is 0 Å². The van der Waals surface area contributed by atoms with Gasteiger partial charge in [0.2, 0.25) is 0 Å². The van der Waals surface area contributed by atoms with Gasteiger partial charge in [0.25, 0.3) is 0 Å². The molecule has 0 spiro atoms. The summed E-state index contributed by atoms with van der Waals surface area (Å²) in [5.74, 6) is 2.44. The number of phenols is 2. The van der Waals surface area contributed by atoms with Crippen LogP contribution in [-0.2, 0) is 19.4 Å². The first-order chi connectivity index (χ1) is 18.5. The predicted molar refractivity (Wildman–Crippen MR) is 169 cm³/mol. The van der Waals surface area contributed by atoms with E-state index in [-0.39, 0.29) is 40.9 Å². The summed E-state index contributed by atoms with van der Waals surface area (Å²) in [6, 6.07) is 20.1. The van der Waals surface area contributed by atoms with Crippen molar-refractivity contribution in [3.63, 3.8) is 0 Å². The summed E-state index contributed by atoms with van der Waals surface area (Å²) in [6.45, 7) is 5.41. The molecule has 2 aliphatic heterocycles. The third-order valence-electron chi connectivity index (χ3n) is 9.43. The number of benzene rings is 3. The smallest absolute Gasteiger partial charge is 0.160 e. The van der Waals surface area contributed by atoms with E-state index in [9.17, 15) is 10.2 Å². The molecule has 3 aromatic carbocycles. The third kappa shape index (κ3) is 5.74. The van der Waals surface area contributed by atoms with Crippen LogP contribution in [0.2, 0.25) is 0 Å². The number of methoxy groups -OCH3 is 1. The lowest BCUT2D eigenvalue weighted by atomic mass is 9.79. The summed E-state index contributed by atoms with van der Waals surface area (Å²) in [5, 5.41) is 23.4. The van der Waals surface area contributed by atoms with Crippen molar-refractivity contribution in [3.8, 4) is 17.2 Å². The Morgan fingerprint density at radius 2 is 1.60 bits per heavy atom. The lowest BCUT2D eigenvalue weighted by molar-refractivity contribution is 0.218. The number of rotatable bonds is 3. The second kappa shape index (κ2) is 13.2. The fraction of sp³-hybridized carbons (Fsp3) is 0.455. The highest BCUT2D eigenvalue weighted by Gasteiger charge is 2.39. The maximum Gasteiger partial charge on any atom is 0.160 e. The van der Waals surface area contributed by atoms with Gasteiger partial charge in [-0.1, -0.05) is 48.5 Å². The maximum atomic E-state index is 10.1. The Labute approximate surface area is 255 Å². The molecule has 0 aromatic heterocycles. The average molecular weight is 630 g/mol. The Balaban J connectivity index is 0.000000184. The number of aryl methyl sites for hydroxylation is 1. The van der Waals surface area contributed by atoms with E-state index in [1.54, 1.807) is 13.2 Å². The molecule has 2 heterocycles. The van der Waals surface area contributed by atoms with E-state index in [2.05, 4.69) is 59.6 Å². The van der Waals surface area contributed by atoms with Crippen molar-refractivity contribution < 1.29 is 14.9 Å². The highest BCUT2D eigenvalue weighted by molar-refractivity contribution is 8.93. The van der Waals surface area contributed by atoms with Crippen LogP contribution >= 0.6 is 29.4 Å². The number of likely N-dealkylation sites (tertiary alicyclic amines) is 1. The molecule has 7 heteroatoms. The first-order valence-corrected chi connectivity index (χ1v) is 14.3. The first kappa shape index (κ1) is 30.7. The first-order valence-electron chi connectivity index (χ1n) is 14.3. The number of halogens is 2. The molecule has 0 radical (unpaired) electrons. The molecular weight excluding hydrogens is 588 g/mol. The Morgan fingerprint density at radius 1 is 0.875 bits per heavy atom. The van der Waals surface area contributed by atoms with Gasteiger partial charge in [0.15, 0.2) is 11.5 Å². The summed E-state index contributed by atoms with van der Waals surface area (Å²) >= 11 is 0. The molecule has 216 valence electrons. The zero-order valence-corrected chi connectivity index (χ0v) is 26.0. The molecule has 0 bridgehead atoms. The van der Waals surface area contributed by atoms with Crippen molar-refractivity contribution in [3.05, 3.63) is 88.0 Å². The Bertz CT molecular complexity index is 1300. The van der Waals surface area contributed by atoms with E-state index >= 15 is 0 Å². The normalized spacial score (nSPS) is 24.1. The SMILES string of the molecule is Br.COc1c(C)ccc2c1CC[C@H]1NCC[C@@H]21.Cl.Oc1ccc2c(c1O)CC[C@@H]1[C@H]2CCN1Cc1ccccc1. The second-order valence-corrected chi connectivity index (χ2v) is 11.4. The van der Waals surface area contributed by atoms with Crippen LogP contribution in [-0.4, -0.2) is 47.4 Å². The molecule has 5 nitrogen and oxygen atoms in total. The Kier molecular flexibility index (Phi) is 10.1. The van der Waals surface area contributed by atoms with E-state index < -0.39 is 0 Å². The highest BCUT2D eigenvalue weighted by atomic mass is 79.9. The number of phenolic OH excluding ortho intramolecular Hbond substituents is 2. The molecule has 0 unspecified atom stereocenters. The molecule has 4 atom stereocenters. The molecule has 40 heavy (non-hydrogen) atoms. The summed E-state index contributed by atoms with van der Waals surface area (Å²) in [4.78, 5) is 2.58. The van der Waals surface area contributed by atoms with Crippen LogP contribution in [0.4, 0.5) is 0 Å². The minimum absolute atomic E-state index is 0. The Hall–Kier alpha value is -2.25. The largest absolute Gasteiger partial charge is 0.504 e. The van der Waals surface area contributed by atoms with Crippen LogP contribution in [0.3, 0.4) is 0 Å². The monoisotopic (exact) mass is 628 g/mol. The molecule has 2 aliphatic carbocycles. The highest BCUT2D eigenvalue weighted by Crippen LogP contribution is 2.46. The Morgan fingerprint density at radius 3 is 2.38 bits per heavy atom. The van der Waals surface area contributed by atoms with Gasteiger partial charge < -0.3 is 20.3 Å². The molecule has 7 rings (SSSR count). The number of nitrogens with zero attached hydrogens (tertiary/aromatic N) is 1. The van der Waals surface area contributed by atoms with Gasteiger partial charge in [-0.05, 0) is 92.4 Å². The molecule has 3 aromatic rings. The van der Waals surface area contributed by atoms with Crippen LogP contribution < -0.4 is 10.1 Å². The van der Waals surface area contributed by atoms with Crippen LogP contribution in [0.5, 0.6) is 17.2 Å². The van der Waals surface area contributed by atoms with Gasteiger partial charge >= 0.3 is 0 Å². The number of hydrogen-bond donors (Lipinski definition) is 3. The van der Waals surface area contributed by atoms with Gasteiger partial charge in [-0.2, -0.15) is 0 Å². The van der Waals surface area contributed by atoms with Crippen molar-refractivity contribution in [2.45, 2.75) is 75.9 Å². The summed E-state index contributed by atoms with van der Waals surface area (Å²) in [5.41, 5.74) is 7.83. The van der Waals surface area contributed by atoms with Crippen molar-refractivity contribution in [2.75, 3.05) is 20.2 Å². The zero-order chi connectivity index (χ0) is 26.2. The topological polar surface area (TPSA) is 65.0 Å². The van der Waals surface area contributed by atoms with Crippen molar-refractivity contribution >= 4 is 29.4 Å². The summed E-state index contributed by atoms with van der Waals surface area (Å²) in [6.07, 6.45) is 6.74.